The highest BCUT2D eigenvalue weighted by molar-refractivity contribution is 6.33. The van der Waals surface area contributed by atoms with Crippen molar-refractivity contribution in [1.82, 2.24) is 5.32 Å². The number of aliphatic hydroxyl groups excluding tert-OH is 1. The van der Waals surface area contributed by atoms with E-state index in [4.69, 9.17) is 11.6 Å². The van der Waals surface area contributed by atoms with Crippen molar-refractivity contribution in [3.05, 3.63) is 28.8 Å². The molecule has 1 heterocycles. The summed E-state index contributed by atoms with van der Waals surface area (Å²) in [6, 6.07) is 6.17. The molecule has 0 amide bonds. The van der Waals surface area contributed by atoms with Crippen LogP contribution >= 0.6 is 11.6 Å². The van der Waals surface area contributed by atoms with Crippen LogP contribution in [0.1, 0.15) is 32.8 Å². The number of benzene rings is 1. The first-order chi connectivity index (χ1) is 8.85. The van der Waals surface area contributed by atoms with Gasteiger partial charge in [0.25, 0.3) is 0 Å². The number of anilines is 1. The molecule has 3 nitrogen and oxygen atoms in total. The summed E-state index contributed by atoms with van der Waals surface area (Å²) in [5.41, 5.74) is 2.31. The molecule has 106 valence electrons. The van der Waals surface area contributed by atoms with E-state index in [1.165, 1.54) is 5.56 Å². The maximum Gasteiger partial charge on any atom is 0.0731 e. The van der Waals surface area contributed by atoms with Gasteiger partial charge < -0.3 is 15.3 Å². The molecular weight excluding hydrogens is 260 g/mol. The lowest BCUT2D eigenvalue weighted by atomic mass is 10.1. The van der Waals surface area contributed by atoms with E-state index in [1.807, 2.05) is 6.07 Å². The van der Waals surface area contributed by atoms with E-state index in [1.54, 1.807) is 0 Å². The minimum Gasteiger partial charge on any atom is -0.391 e. The first kappa shape index (κ1) is 14.6. The Hall–Kier alpha value is -0.770. The van der Waals surface area contributed by atoms with Crippen molar-refractivity contribution in [2.45, 2.75) is 45.4 Å². The summed E-state index contributed by atoms with van der Waals surface area (Å²) in [5, 5.41) is 13.8. The fourth-order valence-electron chi connectivity index (χ4n) is 2.24. The number of β-amino-alcohol motifs (C(OH)–C–C–N with tert-alkyl or cyclic N) is 1. The molecule has 0 aliphatic carbocycles. The van der Waals surface area contributed by atoms with Gasteiger partial charge >= 0.3 is 0 Å². The van der Waals surface area contributed by atoms with Crippen molar-refractivity contribution in [3.8, 4) is 0 Å². The van der Waals surface area contributed by atoms with E-state index >= 15 is 0 Å². The van der Waals surface area contributed by atoms with Crippen LogP contribution in [0.5, 0.6) is 0 Å². The number of hydrogen-bond acceptors (Lipinski definition) is 3. The van der Waals surface area contributed by atoms with Crippen molar-refractivity contribution in [2.24, 2.45) is 0 Å². The van der Waals surface area contributed by atoms with Crippen molar-refractivity contribution in [1.29, 1.82) is 0 Å². The number of aliphatic hydroxyl groups is 1. The summed E-state index contributed by atoms with van der Waals surface area (Å²) in [7, 11) is 0. The summed E-state index contributed by atoms with van der Waals surface area (Å²) in [4.78, 5) is 2.15. The lowest BCUT2D eigenvalue weighted by molar-refractivity contribution is 0.198. The molecule has 1 aromatic carbocycles. The normalized spacial score (nSPS) is 20.1. The predicted molar refractivity (Wildman–Crippen MR) is 80.9 cm³/mol. The van der Waals surface area contributed by atoms with E-state index in [-0.39, 0.29) is 11.6 Å². The van der Waals surface area contributed by atoms with Crippen LogP contribution in [0.2, 0.25) is 5.02 Å². The van der Waals surface area contributed by atoms with Gasteiger partial charge in [-0.25, -0.2) is 0 Å². The third-order valence-corrected chi connectivity index (χ3v) is 3.64. The molecular formula is C15H23ClN2O. The Kier molecular flexibility index (Phi) is 4.39. The standard InChI is InChI=1S/C15H23ClN2O/c1-15(2,3)17-9-11-4-5-14(13(16)8-11)18-7-6-12(19)10-18/h4-5,8,12,17,19H,6-7,9-10H2,1-3H3. The predicted octanol–water partition coefficient (Wildman–Crippen LogP) is 2.80. The highest BCUT2D eigenvalue weighted by Gasteiger charge is 2.22. The second-order valence-corrected chi connectivity index (χ2v) is 6.69. The molecule has 1 atom stereocenters. The van der Waals surface area contributed by atoms with Crippen molar-refractivity contribution >= 4 is 17.3 Å². The zero-order valence-corrected chi connectivity index (χ0v) is 12.7. The van der Waals surface area contributed by atoms with E-state index < -0.39 is 0 Å². The average Bonchev–Trinajstić information content (AvgIpc) is 2.72. The molecule has 19 heavy (non-hydrogen) atoms. The third kappa shape index (κ3) is 4.10. The van der Waals surface area contributed by atoms with Crippen LogP contribution in [0.25, 0.3) is 0 Å². The van der Waals surface area contributed by atoms with Crippen molar-refractivity contribution in [3.63, 3.8) is 0 Å². The molecule has 0 saturated carbocycles. The third-order valence-electron chi connectivity index (χ3n) is 3.34. The molecule has 1 saturated heterocycles. The van der Waals surface area contributed by atoms with Gasteiger partial charge in [-0.3, -0.25) is 0 Å². The topological polar surface area (TPSA) is 35.5 Å². The van der Waals surface area contributed by atoms with Crippen LogP contribution in [0.15, 0.2) is 18.2 Å². The number of rotatable bonds is 3. The lowest BCUT2D eigenvalue weighted by Crippen LogP contribution is -2.35. The van der Waals surface area contributed by atoms with Crippen LogP contribution in [-0.2, 0) is 6.54 Å². The van der Waals surface area contributed by atoms with Gasteiger partial charge in [0, 0.05) is 25.2 Å². The van der Waals surface area contributed by atoms with Crippen LogP contribution in [0.4, 0.5) is 5.69 Å². The summed E-state index contributed by atoms with van der Waals surface area (Å²) >= 11 is 6.36. The Morgan fingerprint density at radius 3 is 2.68 bits per heavy atom. The molecule has 1 unspecified atom stereocenters. The number of nitrogens with one attached hydrogen (secondary N) is 1. The molecule has 1 aliphatic rings. The zero-order valence-electron chi connectivity index (χ0n) is 11.9. The lowest BCUT2D eigenvalue weighted by Gasteiger charge is -2.22. The number of halogens is 1. The van der Waals surface area contributed by atoms with E-state index in [2.05, 4.69) is 43.1 Å². The number of nitrogens with zero attached hydrogens (tertiary/aromatic N) is 1. The molecule has 1 fully saturated rings. The first-order valence-corrected chi connectivity index (χ1v) is 7.19. The SMILES string of the molecule is CC(C)(C)NCc1ccc(N2CCC(O)C2)c(Cl)c1. The largest absolute Gasteiger partial charge is 0.391 e. The monoisotopic (exact) mass is 282 g/mol. The smallest absolute Gasteiger partial charge is 0.0731 e. The first-order valence-electron chi connectivity index (χ1n) is 6.81. The molecule has 0 spiro atoms. The second kappa shape index (κ2) is 5.70. The van der Waals surface area contributed by atoms with E-state index in [0.29, 0.717) is 6.54 Å². The minimum absolute atomic E-state index is 0.101. The van der Waals surface area contributed by atoms with Crippen molar-refractivity contribution in [2.75, 3.05) is 18.0 Å². The molecule has 0 bridgehead atoms. The quantitative estimate of drug-likeness (QED) is 0.895. The second-order valence-electron chi connectivity index (χ2n) is 6.28. The Bertz CT molecular complexity index is 442. The van der Waals surface area contributed by atoms with Crippen molar-refractivity contribution < 1.29 is 5.11 Å². The van der Waals surface area contributed by atoms with Gasteiger partial charge in [0.15, 0.2) is 0 Å². The molecule has 0 aromatic heterocycles. The molecule has 4 heteroatoms. The van der Waals surface area contributed by atoms with Gasteiger partial charge in [-0.05, 0) is 44.9 Å². The van der Waals surface area contributed by atoms with Crippen LogP contribution < -0.4 is 10.2 Å². The van der Waals surface area contributed by atoms with Gasteiger partial charge in [-0.1, -0.05) is 17.7 Å². The summed E-state index contributed by atoms with van der Waals surface area (Å²) in [6.07, 6.45) is 0.599. The fraction of sp³-hybridized carbons (Fsp3) is 0.600. The summed E-state index contributed by atoms with van der Waals surface area (Å²) in [5.74, 6) is 0. The highest BCUT2D eigenvalue weighted by atomic mass is 35.5. The van der Waals surface area contributed by atoms with Gasteiger partial charge in [-0.2, -0.15) is 0 Å². The average molecular weight is 283 g/mol. The molecule has 2 rings (SSSR count). The zero-order chi connectivity index (χ0) is 14.0. The Morgan fingerprint density at radius 1 is 1.42 bits per heavy atom. The van der Waals surface area contributed by atoms with E-state index in [9.17, 15) is 5.11 Å². The van der Waals surface area contributed by atoms with Crippen LogP contribution in [0, 0.1) is 0 Å². The maximum atomic E-state index is 9.59. The Labute approximate surface area is 120 Å². The minimum atomic E-state index is -0.224. The molecule has 1 aliphatic heterocycles. The maximum absolute atomic E-state index is 9.59. The van der Waals surface area contributed by atoms with Gasteiger partial charge in [0.1, 0.15) is 0 Å². The van der Waals surface area contributed by atoms with Gasteiger partial charge in [-0.15, -0.1) is 0 Å². The van der Waals surface area contributed by atoms with Crippen LogP contribution in [-0.4, -0.2) is 29.8 Å². The molecule has 1 aromatic rings. The van der Waals surface area contributed by atoms with E-state index in [0.717, 1.165) is 30.2 Å². The van der Waals surface area contributed by atoms with Crippen LogP contribution in [0.3, 0.4) is 0 Å². The Morgan fingerprint density at radius 2 is 2.16 bits per heavy atom. The molecule has 0 radical (unpaired) electrons. The molecule has 2 N–H and O–H groups in total. The summed E-state index contributed by atoms with van der Waals surface area (Å²) in [6.45, 7) is 8.81. The fourth-order valence-corrected chi connectivity index (χ4v) is 2.57. The van der Waals surface area contributed by atoms with Gasteiger partial charge in [0.05, 0.1) is 16.8 Å². The Balaban J connectivity index is 2.05. The summed E-state index contributed by atoms with van der Waals surface area (Å²) < 4.78 is 0. The number of hydrogen-bond donors (Lipinski definition) is 2. The van der Waals surface area contributed by atoms with Gasteiger partial charge in [0.2, 0.25) is 0 Å². The highest BCUT2D eigenvalue weighted by Crippen LogP contribution is 2.29.